The van der Waals surface area contributed by atoms with Crippen molar-refractivity contribution in [1.82, 2.24) is 4.90 Å². The lowest BCUT2D eigenvalue weighted by molar-refractivity contribution is -0.137. The SMILES string of the molecule is COC(=O)c1ccc(C(O)N2CCC(C(C)(C)S(=O)(=O)c3cccc(C(F)(F)F)c3)CC2)cc1. The summed E-state index contributed by atoms with van der Waals surface area (Å²) in [6.45, 7) is 3.91. The quantitative estimate of drug-likeness (QED) is 0.592. The Kier molecular flexibility index (Phi) is 7.45. The van der Waals surface area contributed by atoms with Crippen molar-refractivity contribution in [3.8, 4) is 0 Å². The van der Waals surface area contributed by atoms with E-state index in [-0.39, 0.29) is 10.8 Å². The Hall–Kier alpha value is -2.43. The van der Waals surface area contributed by atoms with Crippen LogP contribution in [0.2, 0.25) is 0 Å². The Bertz CT molecular complexity index is 1120. The molecule has 0 bridgehead atoms. The average Bonchev–Trinajstić information content (AvgIpc) is 2.82. The zero-order valence-electron chi connectivity index (χ0n) is 19.2. The van der Waals surface area contributed by atoms with Gasteiger partial charge in [-0.15, -0.1) is 0 Å². The lowest BCUT2D eigenvalue weighted by Crippen LogP contribution is -2.47. The first kappa shape index (κ1) is 26.2. The first-order valence-electron chi connectivity index (χ1n) is 10.8. The molecular formula is C24H28F3NO5S. The van der Waals surface area contributed by atoms with Crippen LogP contribution < -0.4 is 0 Å². The molecule has 1 heterocycles. The van der Waals surface area contributed by atoms with Crippen LogP contribution in [0.3, 0.4) is 0 Å². The van der Waals surface area contributed by atoms with Gasteiger partial charge in [0.05, 0.1) is 27.9 Å². The summed E-state index contributed by atoms with van der Waals surface area (Å²) >= 11 is 0. The maximum atomic E-state index is 13.3. The Labute approximate surface area is 197 Å². The molecule has 0 saturated carbocycles. The average molecular weight is 500 g/mol. The predicted molar refractivity (Wildman–Crippen MR) is 120 cm³/mol. The Morgan fingerprint density at radius 2 is 1.68 bits per heavy atom. The van der Waals surface area contributed by atoms with Crippen LogP contribution in [0, 0.1) is 5.92 Å². The van der Waals surface area contributed by atoms with E-state index in [0.29, 0.717) is 43.1 Å². The van der Waals surface area contributed by atoms with Gasteiger partial charge in [-0.2, -0.15) is 13.2 Å². The molecule has 1 unspecified atom stereocenters. The number of nitrogens with zero attached hydrogens (tertiary/aromatic N) is 1. The number of esters is 1. The van der Waals surface area contributed by atoms with Gasteiger partial charge in [0.15, 0.2) is 9.84 Å². The van der Waals surface area contributed by atoms with Gasteiger partial charge in [0.2, 0.25) is 0 Å². The normalized spacial score (nSPS) is 17.4. The number of ether oxygens (including phenoxy) is 1. The van der Waals surface area contributed by atoms with E-state index in [1.165, 1.54) is 13.2 Å². The van der Waals surface area contributed by atoms with Gasteiger partial charge in [-0.25, -0.2) is 13.2 Å². The number of piperidine rings is 1. The number of aliphatic hydroxyl groups excluding tert-OH is 1. The van der Waals surface area contributed by atoms with Gasteiger partial charge in [0.25, 0.3) is 0 Å². The molecular weight excluding hydrogens is 471 g/mol. The summed E-state index contributed by atoms with van der Waals surface area (Å²) in [5.74, 6) is -0.789. The Morgan fingerprint density at radius 1 is 1.09 bits per heavy atom. The van der Waals surface area contributed by atoms with Crippen LogP contribution in [0.5, 0.6) is 0 Å². The minimum Gasteiger partial charge on any atom is -0.465 e. The first-order valence-corrected chi connectivity index (χ1v) is 12.3. The number of rotatable bonds is 6. The van der Waals surface area contributed by atoms with Crippen LogP contribution in [0.15, 0.2) is 53.4 Å². The van der Waals surface area contributed by atoms with Gasteiger partial charge in [-0.1, -0.05) is 18.2 Å². The minimum atomic E-state index is -4.63. The monoisotopic (exact) mass is 499 g/mol. The van der Waals surface area contributed by atoms with Crippen LogP contribution in [-0.4, -0.2) is 49.3 Å². The smallest absolute Gasteiger partial charge is 0.416 e. The number of alkyl halides is 3. The standard InChI is InChI=1S/C24H28F3NO5S/c1-23(2,34(31,32)20-6-4-5-19(15-20)24(25,26)27)18-11-13-28(14-12-18)21(29)16-7-9-17(10-8-16)22(30)33-3/h4-10,15,18,21,29H,11-14H2,1-3H3. The fraction of sp³-hybridized carbons (Fsp3) is 0.458. The van der Waals surface area contributed by atoms with E-state index in [1.54, 1.807) is 43.0 Å². The summed E-state index contributed by atoms with van der Waals surface area (Å²) in [4.78, 5) is 13.0. The Balaban J connectivity index is 1.72. The van der Waals surface area contributed by atoms with Crippen molar-refractivity contribution < 1.29 is 36.2 Å². The number of carbonyl (C=O) groups excluding carboxylic acids is 1. The Morgan fingerprint density at radius 3 is 2.21 bits per heavy atom. The molecule has 0 radical (unpaired) electrons. The predicted octanol–water partition coefficient (Wildman–Crippen LogP) is 4.45. The third-order valence-corrected chi connectivity index (χ3v) is 9.25. The summed E-state index contributed by atoms with van der Waals surface area (Å²) in [5.41, 5.74) is -0.0545. The fourth-order valence-electron chi connectivity index (χ4n) is 4.32. The number of likely N-dealkylation sites (tertiary alicyclic amines) is 1. The van der Waals surface area contributed by atoms with Gasteiger partial charge in [-0.3, -0.25) is 4.90 Å². The van der Waals surface area contributed by atoms with E-state index in [0.717, 1.165) is 12.1 Å². The molecule has 1 saturated heterocycles. The van der Waals surface area contributed by atoms with Crippen LogP contribution in [0.25, 0.3) is 0 Å². The highest BCUT2D eigenvalue weighted by atomic mass is 32.2. The molecule has 0 amide bonds. The maximum Gasteiger partial charge on any atom is 0.416 e. The second kappa shape index (κ2) is 9.67. The number of aliphatic hydroxyl groups is 1. The van der Waals surface area contributed by atoms with Crippen molar-refractivity contribution in [2.45, 2.75) is 48.7 Å². The first-order chi connectivity index (χ1) is 15.8. The van der Waals surface area contributed by atoms with Crippen LogP contribution >= 0.6 is 0 Å². The highest BCUT2D eigenvalue weighted by Crippen LogP contribution is 2.40. The van der Waals surface area contributed by atoms with E-state index in [9.17, 15) is 31.5 Å². The molecule has 34 heavy (non-hydrogen) atoms. The lowest BCUT2D eigenvalue weighted by Gasteiger charge is -2.41. The minimum absolute atomic E-state index is 0.308. The summed E-state index contributed by atoms with van der Waals surface area (Å²) in [6, 6.07) is 10.2. The number of hydrogen-bond acceptors (Lipinski definition) is 6. The van der Waals surface area contributed by atoms with Crippen molar-refractivity contribution in [1.29, 1.82) is 0 Å². The highest BCUT2D eigenvalue weighted by Gasteiger charge is 2.45. The highest BCUT2D eigenvalue weighted by molar-refractivity contribution is 7.92. The topological polar surface area (TPSA) is 83.9 Å². The van der Waals surface area contributed by atoms with E-state index in [4.69, 9.17) is 0 Å². The van der Waals surface area contributed by atoms with Gasteiger partial charge in [0, 0.05) is 13.1 Å². The molecule has 0 spiro atoms. The maximum absolute atomic E-state index is 13.3. The molecule has 2 aromatic rings. The van der Waals surface area contributed by atoms with Gasteiger partial charge in [-0.05, 0) is 68.5 Å². The second-order valence-corrected chi connectivity index (χ2v) is 11.5. The summed E-state index contributed by atoms with van der Waals surface area (Å²) in [5, 5.41) is 10.8. The lowest BCUT2D eigenvalue weighted by atomic mass is 9.85. The number of halogens is 3. The molecule has 1 fully saturated rings. The second-order valence-electron chi connectivity index (χ2n) is 8.93. The van der Waals surface area contributed by atoms with Crippen molar-refractivity contribution >= 4 is 15.8 Å². The number of hydrogen-bond donors (Lipinski definition) is 1. The zero-order valence-corrected chi connectivity index (χ0v) is 20.0. The van der Waals surface area contributed by atoms with Crippen LogP contribution in [-0.2, 0) is 20.8 Å². The van der Waals surface area contributed by atoms with E-state index in [1.807, 2.05) is 0 Å². The van der Waals surface area contributed by atoms with Gasteiger partial charge >= 0.3 is 12.1 Å². The van der Waals surface area contributed by atoms with E-state index < -0.39 is 38.5 Å². The molecule has 1 N–H and O–H groups in total. The van der Waals surface area contributed by atoms with Crippen molar-refractivity contribution in [3.63, 3.8) is 0 Å². The summed E-state index contributed by atoms with van der Waals surface area (Å²) in [6.07, 6.45) is -4.67. The van der Waals surface area contributed by atoms with E-state index >= 15 is 0 Å². The van der Waals surface area contributed by atoms with E-state index in [2.05, 4.69) is 4.74 Å². The molecule has 186 valence electrons. The number of carbonyl (C=O) groups is 1. The molecule has 0 aromatic heterocycles. The third-order valence-electron chi connectivity index (χ3n) is 6.65. The molecule has 1 atom stereocenters. The number of sulfone groups is 1. The largest absolute Gasteiger partial charge is 0.465 e. The number of benzene rings is 2. The molecule has 6 nitrogen and oxygen atoms in total. The molecule has 3 rings (SSSR count). The molecule has 0 aliphatic carbocycles. The van der Waals surface area contributed by atoms with Crippen molar-refractivity contribution in [2.75, 3.05) is 20.2 Å². The molecule has 1 aliphatic heterocycles. The molecule has 2 aromatic carbocycles. The number of methoxy groups -OCH3 is 1. The summed E-state index contributed by atoms with van der Waals surface area (Å²) in [7, 11) is -2.77. The van der Waals surface area contributed by atoms with Crippen molar-refractivity contribution in [3.05, 3.63) is 65.2 Å². The molecule has 1 aliphatic rings. The fourth-order valence-corrected chi connectivity index (χ4v) is 6.14. The third kappa shape index (κ3) is 5.13. The van der Waals surface area contributed by atoms with Crippen LogP contribution in [0.1, 0.15) is 54.4 Å². The van der Waals surface area contributed by atoms with Crippen LogP contribution in [0.4, 0.5) is 13.2 Å². The molecule has 10 heteroatoms. The summed E-state index contributed by atoms with van der Waals surface area (Å²) < 4.78 is 69.3. The van der Waals surface area contributed by atoms with Gasteiger partial charge < -0.3 is 9.84 Å². The van der Waals surface area contributed by atoms with Crippen molar-refractivity contribution in [2.24, 2.45) is 5.92 Å². The van der Waals surface area contributed by atoms with Gasteiger partial charge in [0.1, 0.15) is 6.23 Å². The zero-order chi connectivity index (χ0) is 25.3.